The number of hydrogen-bond acceptors (Lipinski definition) is 3. The number of aliphatic hydroxyl groups excluding tert-OH is 1. The summed E-state index contributed by atoms with van der Waals surface area (Å²) in [6.07, 6.45) is 10.2. The van der Waals surface area contributed by atoms with Crippen LogP contribution in [0.25, 0.3) is 0 Å². The molecule has 3 unspecified atom stereocenters. The minimum atomic E-state index is -0.0820. The highest BCUT2D eigenvalue weighted by atomic mass is 16.5. The van der Waals surface area contributed by atoms with Crippen molar-refractivity contribution in [1.29, 1.82) is 0 Å². The number of hydrogen-bond donors (Lipinski definition) is 2. The van der Waals surface area contributed by atoms with Crippen LogP contribution in [-0.4, -0.2) is 36.0 Å². The average Bonchev–Trinajstić information content (AvgIpc) is 2.79. The van der Waals surface area contributed by atoms with Gasteiger partial charge in [-0.15, -0.1) is 0 Å². The number of rotatable bonds is 10. The largest absolute Gasteiger partial charge is 0.394 e. The Bertz CT molecular complexity index is 235. The third kappa shape index (κ3) is 5.80. The summed E-state index contributed by atoms with van der Waals surface area (Å²) in [5.74, 6) is 0. The predicted molar refractivity (Wildman–Crippen MR) is 80.4 cm³/mol. The molecule has 1 aliphatic carbocycles. The van der Waals surface area contributed by atoms with Crippen LogP contribution in [0.3, 0.4) is 0 Å². The van der Waals surface area contributed by atoms with Crippen molar-refractivity contribution in [3.63, 3.8) is 0 Å². The van der Waals surface area contributed by atoms with Crippen molar-refractivity contribution in [3.05, 3.63) is 0 Å². The van der Waals surface area contributed by atoms with Crippen molar-refractivity contribution in [3.8, 4) is 0 Å². The van der Waals surface area contributed by atoms with Crippen LogP contribution in [-0.2, 0) is 4.74 Å². The van der Waals surface area contributed by atoms with Gasteiger partial charge in [0.2, 0.25) is 0 Å². The van der Waals surface area contributed by atoms with Gasteiger partial charge in [-0.05, 0) is 39.2 Å². The van der Waals surface area contributed by atoms with E-state index >= 15 is 0 Å². The van der Waals surface area contributed by atoms with Crippen molar-refractivity contribution < 1.29 is 9.84 Å². The molecule has 0 spiro atoms. The molecular weight excluding hydrogens is 238 g/mol. The monoisotopic (exact) mass is 271 g/mol. The number of unbranched alkanes of at least 4 members (excludes halogenated alkanes) is 3. The molecule has 0 radical (unpaired) electrons. The highest BCUT2D eigenvalue weighted by molar-refractivity contribution is 4.96. The third-order valence-electron chi connectivity index (χ3n) is 4.31. The van der Waals surface area contributed by atoms with Crippen molar-refractivity contribution in [1.82, 2.24) is 5.32 Å². The molecular formula is C16H33NO2. The first-order valence-electron chi connectivity index (χ1n) is 8.17. The van der Waals surface area contributed by atoms with Gasteiger partial charge in [-0.1, -0.05) is 39.5 Å². The number of ether oxygens (including phenoxy) is 1. The van der Waals surface area contributed by atoms with Gasteiger partial charge in [-0.25, -0.2) is 0 Å². The zero-order valence-electron chi connectivity index (χ0n) is 13.1. The van der Waals surface area contributed by atoms with Gasteiger partial charge in [0.15, 0.2) is 0 Å². The van der Waals surface area contributed by atoms with E-state index in [2.05, 4.69) is 26.1 Å². The summed E-state index contributed by atoms with van der Waals surface area (Å²) in [6.45, 7) is 7.68. The van der Waals surface area contributed by atoms with Crippen LogP contribution in [0.1, 0.15) is 72.1 Å². The lowest BCUT2D eigenvalue weighted by molar-refractivity contribution is -0.00926. The van der Waals surface area contributed by atoms with E-state index in [1.807, 2.05) is 0 Å². The Labute approximate surface area is 119 Å². The molecule has 1 saturated carbocycles. The molecule has 1 fully saturated rings. The normalized spacial score (nSPS) is 28.7. The van der Waals surface area contributed by atoms with Crippen LogP contribution in [0.4, 0.5) is 0 Å². The lowest BCUT2D eigenvalue weighted by atomic mass is 9.99. The van der Waals surface area contributed by atoms with Gasteiger partial charge in [0.25, 0.3) is 0 Å². The van der Waals surface area contributed by atoms with Gasteiger partial charge < -0.3 is 15.2 Å². The van der Waals surface area contributed by atoms with Gasteiger partial charge in [0.05, 0.1) is 18.8 Å². The maximum absolute atomic E-state index is 9.58. The highest BCUT2D eigenvalue weighted by Gasteiger charge is 2.38. The van der Waals surface area contributed by atoms with Gasteiger partial charge in [0.1, 0.15) is 0 Å². The second kappa shape index (κ2) is 8.93. The molecule has 114 valence electrons. The van der Waals surface area contributed by atoms with Crippen LogP contribution in [0.2, 0.25) is 0 Å². The maximum Gasteiger partial charge on any atom is 0.0614 e. The summed E-state index contributed by atoms with van der Waals surface area (Å²) in [4.78, 5) is 0. The number of nitrogens with one attached hydrogen (secondary N) is 1. The molecule has 3 atom stereocenters. The topological polar surface area (TPSA) is 41.5 Å². The van der Waals surface area contributed by atoms with E-state index in [0.717, 1.165) is 25.8 Å². The number of aliphatic hydroxyl groups is 1. The molecule has 0 aromatic heterocycles. The van der Waals surface area contributed by atoms with Gasteiger partial charge in [0, 0.05) is 5.54 Å². The van der Waals surface area contributed by atoms with E-state index in [0.29, 0.717) is 12.2 Å². The second-order valence-electron chi connectivity index (χ2n) is 6.13. The van der Waals surface area contributed by atoms with Crippen molar-refractivity contribution in [2.24, 2.45) is 0 Å². The van der Waals surface area contributed by atoms with Crippen LogP contribution in [0, 0.1) is 0 Å². The summed E-state index contributed by atoms with van der Waals surface area (Å²) in [7, 11) is 0. The molecule has 0 aromatic rings. The third-order valence-corrected chi connectivity index (χ3v) is 4.31. The summed E-state index contributed by atoms with van der Waals surface area (Å²) in [5, 5.41) is 13.0. The van der Waals surface area contributed by atoms with Gasteiger partial charge in [-0.3, -0.25) is 0 Å². The molecule has 0 bridgehead atoms. The van der Waals surface area contributed by atoms with Gasteiger partial charge in [-0.2, -0.15) is 0 Å². The van der Waals surface area contributed by atoms with E-state index < -0.39 is 0 Å². The first kappa shape index (κ1) is 16.9. The zero-order chi connectivity index (χ0) is 14.1. The number of likely N-dealkylation sites (N-methyl/N-ethyl adjacent to an activating group) is 1. The Morgan fingerprint density at radius 3 is 2.74 bits per heavy atom. The van der Waals surface area contributed by atoms with E-state index in [4.69, 9.17) is 4.74 Å². The highest BCUT2D eigenvalue weighted by Crippen LogP contribution is 2.32. The van der Waals surface area contributed by atoms with Crippen LogP contribution < -0.4 is 5.32 Å². The van der Waals surface area contributed by atoms with Crippen molar-refractivity contribution in [2.45, 2.75) is 89.9 Å². The Morgan fingerprint density at radius 2 is 2.11 bits per heavy atom. The molecule has 0 heterocycles. The van der Waals surface area contributed by atoms with Crippen LogP contribution in [0.5, 0.6) is 0 Å². The summed E-state index contributed by atoms with van der Waals surface area (Å²) in [5.41, 5.74) is -0.0820. The van der Waals surface area contributed by atoms with Crippen LogP contribution in [0.15, 0.2) is 0 Å². The minimum absolute atomic E-state index is 0.0820. The lowest BCUT2D eigenvalue weighted by Gasteiger charge is -2.28. The molecule has 19 heavy (non-hydrogen) atoms. The summed E-state index contributed by atoms with van der Waals surface area (Å²) in [6, 6.07) is 0. The zero-order valence-corrected chi connectivity index (χ0v) is 13.1. The van der Waals surface area contributed by atoms with Gasteiger partial charge >= 0.3 is 0 Å². The molecule has 0 amide bonds. The molecule has 0 aromatic carbocycles. The fourth-order valence-corrected chi connectivity index (χ4v) is 3.18. The summed E-state index contributed by atoms with van der Waals surface area (Å²) < 4.78 is 6.14. The molecule has 3 nitrogen and oxygen atoms in total. The molecule has 0 aliphatic heterocycles. The lowest BCUT2D eigenvalue weighted by Crippen LogP contribution is -2.46. The molecule has 1 rings (SSSR count). The Kier molecular flexibility index (Phi) is 7.96. The van der Waals surface area contributed by atoms with E-state index in [1.165, 1.54) is 32.1 Å². The molecule has 1 aliphatic rings. The van der Waals surface area contributed by atoms with Crippen molar-refractivity contribution >= 4 is 0 Å². The van der Waals surface area contributed by atoms with E-state index in [1.54, 1.807) is 0 Å². The smallest absolute Gasteiger partial charge is 0.0614 e. The maximum atomic E-state index is 9.58. The first-order chi connectivity index (χ1) is 9.15. The minimum Gasteiger partial charge on any atom is -0.394 e. The second-order valence-corrected chi connectivity index (χ2v) is 6.13. The van der Waals surface area contributed by atoms with E-state index in [9.17, 15) is 5.11 Å². The Morgan fingerprint density at radius 1 is 1.32 bits per heavy atom. The molecule has 2 N–H and O–H groups in total. The average molecular weight is 271 g/mol. The fraction of sp³-hybridized carbons (Fsp3) is 1.00. The predicted octanol–water partition coefficient (Wildman–Crippen LogP) is 3.26. The van der Waals surface area contributed by atoms with E-state index in [-0.39, 0.29) is 12.1 Å². The SMILES string of the molecule is CCCCCCC(C)OC1CCC(CO)(NCC)C1. The van der Waals surface area contributed by atoms with Crippen molar-refractivity contribution in [2.75, 3.05) is 13.2 Å². The quantitative estimate of drug-likeness (QED) is 0.599. The first-order valence-corrected chi connectivity index (χ1v) is 8.17. The standard InChI is InChI=1S/C16H33NO2/c1-4-6-7-8-9-14(3)19-15-10-11-16(12-15,13-18)17-5-2/h14-15,17-18H,4-13H2,1-3H3. The Balaban J connectivity index is 2.23. The fourth-order valence-electron chi connectivity index (χ4n) is 3.18. The Hall–Kier alpha value is -0.120. The summed E-state index contributed by atoms with van der Waals surface area (Å²) >= 11 is 0. The molecule has 0 saturated heterocycles. The molecule has 3 heteroatoms. The van der Waals surface area contributed by atoms with Crippen LogP contribution >= 0.6 is 0 Å².